The summed E-state index contributed by atoms with van der Waals surface area (Å²) in [7, 11) is 0. The number of carbonyl (C=O) groups excluding carboxylic acids is 1. The molecule has 0 saturated heterocycles. The first kappa shape index (κ1) is 15.0. The second-order valence-electron chi connectivity index (χ2n) is 6.32. The number of carboxylic acid groups (broad SMARTS) is 1. The third-order valence-electron chi connectivity index (χ3n) is 3.80. The summed E-state index contributed by atoms with van der Waals surface area (Å²) < 4.78 is 0. The molecule has 2 unspecified atom stereocenters. The van der Waals surface area contributed by atoms with E-state index in [2.05, 4.69) is 6.92 Å². The van der Waals surface area contributed by atoms with Gasteiger partial charge in [-0.2, -0.15) is 0 Å². The molecule has 0 bridgehead atoms. The number of hydrogen-bond donors (Lipinski definition) is 1. The predicted octanol–water partition coefficient (Wildman–Crippen LogP) is 2.52. The normalized spacial score (nSPS) is 24.0. The van der Waals surface area contributed by atoms with Crippen molar-refractivity contribution in [1.29, 1.82) is 0 Å². The van der Waals surface area contributed by atoms with Crippen LogP contribution < -0.4 is 0 Å². The van der Waals surface area contributed by atoms with Crippen LogP contribution in [0.5, 0.6) is 0 Å². The smallest absolute Gasteiger partial charge is 0.305 e. The molecule has 1 amide bonds. The molecule has 1 saturated carbocycles. The quantitative estimate of drug-likeness (QED) is 0.839. The number of carbonyl (C=O) groups is 2. The molecule has 1 rings (SSSR count). The van der Waals surface area contributed by atoms with Crippen molar-refractivity contribution in [2.24, 2.45) is 11.8 Å². The maximum atomic E-state index is 12.5. The van der Waals surface area contributed by atoms with Crippen LogP contribution in [-0.4, -0.2) is 34.0 Å². The molecule has 4 heteroatoms. The van der Waals surface area contributed by atoms with Gasteiger partial charge in [-0.25, -0.2) is 0 Å². The van der Waals surface area contributed by atoms with E-state index in [1.165, 1.54) is 0 Å². The number of rotatable bonds is 4. The van der Waals surface area contributed by atoms with Crippen LogP contribution in [0.1, 0.15) is 53.4 Å². The monoisotopic (exact) mass is 255 g/mol. The van der Waals surface area contributed by atoms with Gasteiger partial charge >= 0.3 is 5.97 Å². The van der Waals surface area contributed by atoms with Gasteiger partial charge in [-0.3, -0.25) is 9.59 Å². The Balaban J connectivity index is 2.76. The number of amides is 1. The lowest BCUT2D eigenvalue weighted by Gasteiger charge is -2.38. The lowest BCUT2D eigenvalue weighted by atomic mass is 9.93. The lowest BCUT2D eigenvalue weighted by Crippen LogP contribution is -2.49. The van der Waals surface area contributed by atoms with Gasteiger partial charge in [-0.1, -0.05) is 13.3 Å². The summed E-state index contributed by atoms with van der Waals surface area (Å²) in [4.78, 5) is 25.0. The minimum Gasteiger partial charge on any atom is -0.481 e. The van der Waals surface area contributed by atoms with Crippen molar-refractivity contribution < 1.29 is 14.7 Å². The van der Waals surface area contributed by atoms with Crippen molar-refractivity contribution in [1.82, 2.24) is 4.90 Å². The standard InChI is InChI=1S/C14H25NO3/c1-10-6-5-7-11(10)13(18)15(14(2,3)4)9-8-12(16)17/h10-11H,5-9H2,1-4H3,(H,16,17). The van der Waals surface area contributed by atoms with Gasteiger partial charge in [0.25, 0.3) is 0 Å². The van der Waals surface area contributed by atoms with Crippen molar-refractivity contribution >= 4 is 11.9 Å². The third-order valence-corrected chi connectivity index (χ3v) is 3.80. The number of hydrogen-bond acceptors (Lipinski definition) is 2. The van der Waals surface area contributed by atoms with Crippen molar-refractivity contribution in [2.45, 2.75) is 58.9 Å². The van der Waals surface area contributed by atoms with Gasteiger partial charge in [0.2, 0.25) is 5.91 Å². The van der Waals surface area contributed by atoms with Crippen molar-refractivity contribution in [3.63, 3.8) is 0 Å². The Hall–Kier alpha value is -1.06. The van der Waals surface area contributed by atoms with Crippen LogP contribution in [0.4, 0.5) is 0 Å². The van der Waals surface area contributed by atoms with Crippen LogP contribution >= 0.6 is 0 Å². The number of carboxylic acids is 1. The molecule has 104 valence electrons. The highest BCUT2D eigenvalue weighted by Crippen LogP contribution is 2.34. The number of nitrogens with zero attached hydrogens (tertiary/aromatic N) is 1. The Kier molecular flexibility index (Phi) is 4.77. The highest BCUT2D eigenvalue weighted by atomic mass is 16.4. The zero-order chi connectivity index (χ0) is 13.9. The maximum Gasteiger partial charge on any atom is 0.305 e. The average Bonchev–Trinajstić information content (AvgIpc) is 2.61. The fraction of sp³-hybridized carbons (Fsp3) is 0.857. The third kappa shape index (κ3) is 3.72. The van der Waals surface area contributed by atoms with E-state index in [0.717, 1.165) is 19.3 Å². The highest BCUT2D eigenvalue weighted by Gasteiger charge is 2.36. The van der Waals surface area contributed by atoms with Crippen LogP contribution in [0.25, 0.3) is 0 Å². The summed E-state index contributed by atoms with van der Waals surface area (Å²) in [5.74, 6) is -0.213. The summed E-state index contributed by atoms with van der Waals surface area (Å²) in [5.41, 5.74) is -0.311. The van der Waals surface area contributed by atoms with Gasteiger partial charge in [0, 0.05) is 18.0 Å². The Bertz CT molecular complexity index is 319. The van der Waals surface area contributed by atoms with Gasteiger partial charge in [0.15, 0.2) is 0 Å². The molecule has 0 heterocycles. The molecular formula is C14H25NO3. The maximum absolute atomic E-state index is 12.5. The molecule has 2 atom stereocenters. The van der Waals surface area contributed by atoms with E-state index in [1.54, 1.807) is 4.90 Å². The molecular weight excluding hydrogens is 230 g/mol. The topological polar surface area (TPSA) is 57.6 Å². The molecule has 0 radical (unpaired) electrons. The molecule has 0 aromatic rings. The summed E-state index contributed by atoms with van der Waals surface area (Å²) in [5, 5.41) is 8.79. The molecule has 1 N–H and O–H groups in total. The SMILES string of the molecule is CC1CCCC1C(=O)N(CCC(=O)O)C(C)(C)C. The molecule has 0 aliphatic heterocycles. The molecule has 1 fully saturated rings. The van der Waals surface area contributed by atoms with E-state index >= 15 is 0 Å². The first-order valence-corrected chi connectivity index (χ1v) is 6.76. The molecule has 18 heavy (non-hydrogen) atoms. The van der Waals surface area contributed by atoms with E-state index in [4.69, 9.17) is 5.11 Å². The van der Waals surface area contributed by atoms with E-state index in [-0.39, 0.29) is 23.8 Å². The van der Waals surface area contributed by atoms with E-state index in [9.17, 15) is 9.59 Å². The van der Waals surface area contributed by atoms with Crippen molar-refractivity contribution in [3.8, 4) is 0 Å². The molecule has 4 nitrogen and oxygen atoms in total. The molecule has 0 aromatic heterocycles. The van der Waals surface area contributed by atoms with E-state index in [0.29, 0.717) is 12.5 Å². The Morgan fingerprint density at radius 1 is 1.28 bits per heavy atom. The fourth-order valence-electron chi connectivity index (χ4n) is 2.70. The second-order valence-corrected chi connectivity index (χ2v) is 6.32. The van der Waals surface area contributed by atoms with Crippen LogP contribution in [0.3, 0.4) is 0 Å². The zero-order valence-corrected chi connectivity index (χ0v) is 11.9. The minimum atomic E-state index is -0.850. The first-order valence-electron chi connectivity index (χ1n) is 6.76. The minimum absolute atomic E-state index is 0.0180. The summed E-state index contributed by atoms with van der Waals surface area (Å²) in [6.45, 7) is 8.32. The molecule has 1 aliphatic rings. The van der Waals surface area contributed by atoms with Gasteiger partial charge < -0.3 is 10.0 Å². The van der Waals surface area contributed by atoms with Crippen molar-refractivity contribution in [2.75, 3.05) is 6.54 Å². The van der Waals surface area contributed by atoms with Gasteiger partial charge in [0.05, 0.1) is 6.42 Å². The van der Waals surface area contributed by atoms with Crippen LogP contribution in [0, 0.1) is 11.8 Å². The van der Waals surface area contributed by atoms with E-state index < -0.39 is 5.97 Å². The summed E-state index contributed by atoms with van der Waals surface area (Å²) >= 11 is 0. The molecule has 0 spiro atoms. The number of aliphatic carboxylic acids is 1. The van der Waals surface area contributed by atoms with Gasteiger partial charge in [0.1, 0.15) is 0 Å². The summed E-state index contributed by atoms with van der Waals surface area (Å²) in [6.07, 6.45) is 3.17. The Labute approximate surface area is 109 Å². The predicted molar refractivity (Wildman–Crippen MR) is 70.2 cm³/mol. The largest absolute Gasteiger partial charge is 0.481 e. The molecule has 1 aliphatic carbocycles. The summed E-state index contributed by atoms with van der Waals surface area (Å²) in [6, 6.07) is 0. The van der Waals surface area contributed by atoms with Gasteiger partial charge in [-0.15, -0.1) is 0 Å². The lowest BCUT2D eigenvalue weighted by molar-refractivity contribution is -0.143. The zero-order valence-electron chi connectivity index (χ0n) is 11.9. The first-order chi connectivity index (χ1) is 8.23. The molecule has 0 aromatic carbocycles. The Morgan fingerprint density at radius 2 is 1.89 bits per heavy atom. The van der Waals surface area contributed by atoms with Crippen LogP contribution in [0.2, 0.25) is 0 Å². The Morgan fingerprint density at radius 3 is 2.28 bits per heavy atom. The second kappa shape index (κ2) is 5.72. The average molecular weight is 255 g/mol. The van der Waals surface area contributed by atoms with Gasteiger partial charge in [-0.05, 0) is 39.5 Å². The highest BCUT2D eigenvalue weighted by molar-refractivity contribution is 5.80. The van der Waals surface area contributed by atoms with E-state index in [1.807, 2.05) is 20.8 Å². The van der Waals surface area contributed by atoms with Crippen molar-refractivity contribution in [3.05, 3.63) is 0 Å². The fourth-order valence-corrected chi connectivity index (χ4v) is 2.70. The van der Waals surface area contributed by atoms with Crippen LogP contribution in [0.15, 0.2) is 0 Å². The van der Waals surface area contributed by atoms with Crippen LogP contribution in [-0.2, 0) is 9.59 Å².